The van der Waals surface area contributed by atoms with Gasteiger partial charge in [-0.15, -0.1) is 0 Å². The number of hydrogen-bond acceptors (Lipinski definition) is 4. The molecule has 0 atom stereocenters. The summed E-state index contributed by atoms with van der Waals surface area (Å²) in [5, 5.41) is 1.23. The average molecular weight is 445 g/mol. The first-order valence-electron chi connectivity index (χ1n) is 7.62. The molecule has 7 heteroatoms. The highest BCUT2D eigenvalue weighted by molar-refractivity contribution is 14.1. The molecule has 0 aliphatic rings. The second-order valence-corrected chi connectivity index (χ2v) is 7.15. The summed E-state index contributed by atoms with van der Waals surface area (Å²) in [7, 11) is 0. The van der Waals surface area contributed by atoms with E-state index in [0.717, 1.165) is 3.57 Å². The summed E-state index contributed by atoms with van der Waals surface area (Å²) in [5.74, 6) is 0.365. The molecule has 0 unspecified atom stereocenters. The maximum absolute atomic E-state index is 12.6. The third-order valence-electron chi connectivity index (χ3n) is 3.64. The second-order valence-electron chi connectivity index (χ2n) is 4.96. The number of benzene rings is 1. The SMILES string of the molecule is CCN(CC)C(=O)CSc1nc2ccc(I)cc2c(=O)n1CC. The molecule has 0 saturated carbocycles. The van der Waals surface area contributed by atoms with Gasteiger partial charge in [0, 0.05) is 23.2 Å². The van der Waals surface area contributed by atoms with Gasteiger partial charge >= 0.3 is 0 Å². The predicted octanol–water partition coefficient (Wildman–Crippen LogP) is 2.98. The summed E-state index contributed by atoms with van der Waals surface area (Å²) in [5.41, 5.74) is 0.631. The summed E-state index contributed by atoms with van der Waals surface area (Å²) in [4.78, 5) is 31.2. The molecule has 1 aromatic carbocycles. The molecule has 124 valence electrons. The Morgan fingerprint density at radius 3 is 2.61 bits per heavy atom. The van der Waals surface area contributed by atoms with Crippen molar-refractivity contribution in [3.63, 3.8) is 0 Å². The van der Waals surface area contributed by atoms with E-state index >= 15 is 0 Å². The molecule has 0 aliphatic carbocycles. The third-order valence-corrected chi connectivity index (χ3v) is 5.27. The number of hydrogen-bond donors (Lipinski definition) is 0. The number of nitrogens with zero attached hydrogens (tertiary/aromatic N) is 3. The topological polar surface area (TPSA) is 55.2 Å². The highest BCUT2D eigenvalue weighted by Gasteiger charge is 2.15. The highest BCUT2D eigenvalue weighted by Crippen LogP contribution is 2.19. The largest absolute Gasteiger partial charge is 0.343 e. The zero-order valence-electron chi connectivity index (χ0n) is 13.5. The molecule has 1 aromatic heterocycles. The molecular weight excluding hydrogens is 425 g/mol. The van der Waals surface area contributed by atoms with Crippen molar-refractivity contribution in [3.8, 4) is 0 Å². The Morgan fingerprint density at radius 2 is 2.00 bits per heavy atom. The van der Waals surface area contributed by atoms with Crippen LogP contribution >= 0.6 is 34.4 Å². The monoisotopic (exact) mass is 445 g/mol. The average Bonchev–Trinajstić information content (AvgIpc) is 2.55. The number of aromatic nitrogens is 2. The minimum absolute atomic E-state index is 0.0474. The van der Waals surface area contributed by atoms with Crippen molar-refractivity contribution in [1.29, 1.82) is 0 Å². The van der Waals surface area contributed by atoms with Crippen LogP contribution < -0.4 is 5.56 Å². The van der Waals surface area contributed by atoms with Crippen molar-refractivity contribution in [2.75, 3.05) is 18.8 Å². The van der Waals surface area contributed by atoms with Crippen LogP contribution in [0, 0.1) is 3.57 Å². The fourth-order valence-corrected chi connectivity index (χ4v) is 3.81. The molecule has 0 aliphatic heterocycles. The Balaban J connectivity index is 2.35. The summed E-state index contributed by atoms with van der Waals surface area (Å²) >= 11 is 3.52. The van der Waals surface area contributed by atoms with Gasteiger partial charge in [0.05, 0.1) is 16.7 Å². The fraction of sp³-hybridized carbons (Fsp3) is 0.438. The lowest BCUT2D eigenvalue weighted by Crippen LogP contribution is -2.32. The van der Waals surface area contributed by atoms with Gasteiger partial charge in [0.25, 0.3) is 5.56 Å². The first-order valence-corrected chi connectivity index (χ1v) is 9.68. The van der Waals surface area contributed by atoms with E-state index in [1.165, 1.54) is 11.8 Å². The first kappa shape index (κ1) is 18.3. The van der Waals surface area contributed by atoms with Crippen LogP contribution in [-0.4, -0.2) is 39.2 Å². The van der Waals surface area contributed by atoms with Gasteiger partial charge in [-0.05, 0) is 61.6 Å². The zero-order chi connectivity index (χ0) is 17.0. The number of amides is 1. The van der Waals surface area contributed by atoms with Gasteiger partial charge < -0.3 is 4.90 Å². The van der Waals surface area contributed by atoms with Gasteiger partial charge in [0.2, 0.25) is 5.91 Å². The molecule has 0 spiro atoms. The molecule has 1 amide bonds. The molecular formula is C16H20IN3O2S. The number of rotatable bonds is 6. The predicted molar refractivity (Wildman–Crippen MR) is 103 cm³/mol. The first-order chi connectivity index (χ1) is 11.0. The van der Waals surface area contributed by atoms with Gasteiger partial charge in [-0.1, -0.05) is 11.8 Å². The maximum Gasteiger partial charge on any atom is 0.262 e. The van der Waals surface area contributed by atoms with Crippen molar-refractivity contribution >= 4 is 51.2 Å². The van der Waals surface area contributed by atoms with E-state index in [2.05, 4.69) is 27.6 Å². The van der Waals surface area contributed by atoms with Gasteiger partial charge in [0.15, 0.2) is 5.16 Å². The lowest BCUT2D eigenvalue weighted by molar-refractivity contribution is -0.127. The van der Waals surface area contributed by atoms with Crippen molar-refractivity contribution in [3.05, 3.63) is 32.1 Å². The van der Waals surface area contributed by atoms with Crippen LogP contribution in [0.15, 0.2) is 28.2 Å². The Bertz CT molecular complexity index is 772. The van der Waals surface area contributed by atoms with Crippen LogP contribution in [-0.2, 0) is 11.3 Å². The minimum atomic E-state index is -0.0474. The van der Waals surface area contributed by atoms with Gasteiger partial charge in [-0.2, -0.15) is 0 Å². The van der Waals surface area contributed by atoms with Crippen LogP contribution in [0.2, 0.25) is 0 Å². The summed E-state index contributed by atoms with van der Waals surface area (Å²) in [6.07, 6.45) is 0. The Labute approximate surface area is 153 Å². The van der Waals surface area contributed by atoms with Gasteiger partial charge in [-0.25, -0.2) is 4.98 Å². The highest BCUT2D eigenvalue weighted by atomic mass is 127. The van der Waals surface area contributed by atoms with Crippen molar-refractivity contribution < 1.29 is 4.79 Å². The number of thioether (sulfide) groups is 1. The molecule has 0 N–H and O–H groups in total. The molecule has 2 aromatic rings. The molecule has 0 fully saturated rings. The molecule has 0 saturated heterocycles. The van der Waals surface area contributed by atoms with E-state index in [0.29, 0.717) is 41.4 Å². The Kier molecular flexibility index (Phi) is 6.46. The van der Waals surface area contributed by atoms with E-state index in [1.54, 1.807) is 9.47 Å². The van der Waals surface area contributed by atoms with Crippen molar-refractivity contribution in [2.45, 2.75) is 32.5 Å². The van der Waals surface area contributed by atoms with Crippen LogP contribution in [0.25, 0.3) is 10.9 Å². The second kappa shape index (κ2) is 8.14. The molecule has 2 rings (SSSR count). The molecule has 23 heavy (non-hydrogen) atoms. The zero-order valence-corrected chi connectivity index (χ0v) is 16.5. The number of carbonyl (C=O) groups is 1. The normalized spacial score (nSPS) is 11.0. The number of fused-ring (bicyclic) bond motifs is 1. The number of carbonyl (C=O) groups excluding carboxylic acids is 1. The molecule has 5 nitrogen and oxygen atoms in total. The molecule has 1 heterocycles. The summed E-state index contributed by atoms with van der Waals surface area (Å²) in [6.45, 7) is 7.77. The van der Waals surface area contributed by atoms with Crippen LogP contribution in [0.5, 0.6) is 0 Å². The van der Waals surface area contributed by atoms with Crippen molar-refractivity contribution in [1.82, 2.24) is 14.5 Å². The van der Waals surface area contributed by atoms with Crippen molar-refractivity contribution in [2.24, 2.45) is 0 Å². The standard InChI is InChI=1S/C16H20IN3O2S/c1-4-19(5-2)14(21)10-23-16-18-13-8-7-11(17)9-12(13)15(22)20(16)6-3/h7-9H,4-6,10H2,1-3H3. The smallest absolute Gasteiger partial charge is 0.262 e. The van der Waals surface area contributed by atoms with E-state index in [9.17, 15) is 9.59 Å². The van der Waals surface area contributed by atoms with Crippen LogP contribution in [0.3, 0.4) is 0 Å². The summed E-state index contributed by atoms with van der Waals surface area (Å²) in [6, 6.07) is 5.64. The van der Waals surface area contributed by atoms with Gasteiger partial charge in [-0.3, -0.25) is 14.2 Å². The van der Waals surface area contributed by atoms with E-state index in [1.807, 2.05) is 39.0 Å². The van der Waals surface area contributed by atoms with Crippen LogP contribution in [0.1, 0.15) is 20.8 Å². The third kappa shape index (κ3) is 4.06. The molecule has 0 bridgehead atoms. The van der Waals surface area contributed by atoms with Crippen LogP contribution in [0.4, 0.5) is 0 Å². The quantitative estimate of drug-likeness (QED) is 0.390. The Hall–Kier alpha value is -1.09. The Morgan fingerprint density at radius 1 is 1.30 bits per heavy atom. The van der Waals surface area contributed by atoms with E-state index in [4.69, 9.17) is 0 Å². The minimum Gasteiger partial charge on any atom is -0.343 e. The van der Waals surface area contributed by atoms with E-state index in [-0.39, 0.29) is 11.5 Å². The maximum atomic E-state index is 12.6. The molecule has 0 radical (unpaired) electrons. The number of halogens is 1. The van der Waals surface area contributed by atoms with Gasteiger partial charge in [0.1, 0.15) is 0 Å². The summed E-state index contributed by atoms with van der Waals surface area (Å²) < 4.78 is 2.65. The fourth-order valence-electron chi connectivity index (χ4n) is 2.36. The lowest BCUT2D eigenvalue weighted by atomic mass is 10.2. The lowest BCUT2D eigenvalue weighted by Gasteiger charge is -2.18. The van der Waals surface area contributed by atoms with E-state index < -0.39 is 0 Å².